The first-order valence-corrected chi connectivity index (χ1v) is 11.7. The Morgan fingerprint density at radius 3 is 2.29 bits per heavy atom. The molecule has 1 heterocycles. The molecule has 2 amide bonds. The Morgan fingerprint density at radius 1 is 0.903 bits per heavy atom. The third-order valence-corrected chi connectivity index (χ3v) is 6.93. The van der Waals surface area contributed by atoms with Crippen molar-refractivity contribution >= 4 is 54.1 Å². The van der Waals surface area contributed by atoms with E-state index >= 15 is 0 Å². The summed E-state index contributed by atoms with van der Waals surface area (Å²) in [6.45, 7) is 3.76. The Balaban J connectivity index is 1.54. The van der Waals surface area contributed by atoms with Gasteiger partial charge in [0.1, 0.15) is 0 Å². The van der Waals surface area contributed by atoms with Crippen LogP contribution in [-0.4, -0.2) is 19.4 Å². The number of aryl methyl sites for hydroxylation is 2. The Kier molecular flexibility index (Phi) is 5.62. The van der Waals surface area contributed by atoms with E-state index in [0.29, 0.717) is 16.9 Å². The smallest absolute Gasteiger partial charge is 0.308 e. The summed E-state index contributed by atoms with van der Waals surface area (Å²) < 4.78 is 28.6. The molecule has 0 unspecified atom stereocenters. The molecule has 7 nitrogen and oxygen atoms in total. The van der Waals surface area contributed by atoms with Crippen LogP contribution in [0.4, 0.5) is 21.3 Å². The van der Waals surface area contributed by atoms with E-state index in [1.165, 1.54) is 11.3 Å². The second-order valence-corrected chi connectivity index (χ2v) is 9.74. The monoisotopic (exact) mass is 452 g/mol. The van der Waals surface area contributed by atoms with Crippen LogP contribution >= 0.6 is 11.3 Å². The first-order chi connectivity index (χ1) is 14.8. The second kappa shape index (κ2) is 8.37. The average Bonchev–Trinajstić information content (AvgIpc) is 3.11. The zero-order chi connectivity index (χ0) is 22.0. The van der Waals surface area contributed by atoms with Crippen molar-refractivity contribution in [1.29, 1.82) is 0 Å². The number of rotatable bonds is 5. The number of urea groups is 1. The number of nitrogens with one attached hydrogen (secondary N) is 3. The molecule has 4 rings (SSSR count). The van der Waals surface area contributed by atoms with Crippen LogP contribution in [0.2, 0.25) is 0 Å². The fourth-order valence-electron chi connectivity index (χ4n) is 3.02. The van der Waals surface area contributed by atoms with Crippen molar-refractivity contribution in [3.63, 3.8) is 0 Å². The van der Waals surface area contributed by atoms with E-state index in [2.05, 4.69) is 20.3 Å². The highest BCUT2D eigenvalue weighted by molar-refractivity contribution is 7.93. The number of nitrogens with zero attached hydrogens (tertiary/aromatic N) is 1. The Bertz CT molecular complexity index is 1350. The van der Waals surface area contributed by atoms with Crippen molar-refractivity contribution in [2.24, 2.45) is 0 Å². The first-order valence-electron chi connectivity index (χ1n) is 9.44. The van der Waals surface area contributed by atoms with Gasteiger partial charge in [0.25, 0.3) is 10.0 Å². The number of hydrogen-bond acceptors (Lipinski definition) is 5. The molecule has 3 N–H and O–H groups in total. The molecule has 0 bridgehead atoms. The molecule has 0 saturated carbocycles. The number of thiazole rings is 1. The van der Waals surface area contributed by atoms with Crippen molar-refractivity contribution in [3.8, 4) is 0 Å². The van der Waals surface area contributed by atoms with Crippen LogP contribution in [0.1, 0.15) is 11.1 Å². The van der Waals surface area contributed by atoms with Gasteiger partial charge in [0.05, 0.1) is 15.1 Å². The molecule has 0 saturated heterocycles. The summed E-state index contributed by atoms with van der Waals surface area (Å²) in [6.07, 6.45) is 0. The molecule has 0 spiro atoms. The zero-order valence-corrected chi connectivity index (χ0v) is 18.5. The highest BCUT2D eigenvalue weighted by Crippen LogP contribution is 2.32. The molecule has 0 radical (unpaired) electrons. The van der Waals surface area contributed by atoms with Gasteiger partial charge in [-0.25, -0.2) is 18.2 Å². The topological polar surface area (TPSA) is 100 Å². The molecule has 0 atom stereocenters. The predicted molar refractivity (Wildman–Crippen MR) is 125 cm³/mol. The number of anilines is 3. The van der Waals surface area contributed by atoms with E-state index in [-0.39, 0.29) is 16.1 Å². The lowest BCUT2D eigenvalue weighted by Crippen LogP contribution is -2.19. The zero-order valence-electron chi connectivity index (χ0n) is 16.8. The fraction of sp³-hybridized carbons (Fsp3) is 0.0909. The number of fused-ring (bicyclic) bond motifs is 1. The van der Waals surface area contributed by atoms with Gasteiger partial charge in [-0.3, -0.25) is 4.72 Å². The van der Waals surface area contributed by atoms with E-state index in [4.69, 9.17) is 0 Å². The van der Waals surface area contributed by atoms with E-state index in [1.54, 1.807) is 48.5 Å². The average molecular weight is 453 g/mol. The summed E-state index contributed by atoms with van der Waals surface area (Å²) in [4.78, 5) is 16.9. The van der Waals surface area contributed by atoms with Gasteiger partial charge in [0.2, 0.25) is 0 Å². The van der Waals surface area contributed by atoms with Crippen molar-refractivity contribution in [1.82, 2.24) is 4.98 Å². The lowest BCUT2D eigenvalue weighted by atomic mass is 10.2. The maximum absolute atomic E-state index is 12.7. The number of hydrogen-bond donors (Lipinski definition) is 3. The number of carbonyl (C=O) groups excluding carboxylic acids is 1. The van der Waals surface area contributed by atoms with E-state index in [0.717, 1.165) is 15.8 Å². The SMILES string of the molecule is Cc1ccc(S(=O)(=O)Nc2nc3c(C)cc(NC(=O)Nc4ccccc4)cc3s2)cc1. The van der Waals surface area contributed by atoms with E-state index < -0.39 is 10.0 Å². The Labute approximate surface area is 184 Å². The number of benzene rings is 3. The Morgan fingerprint density at radius 2 is 1.58 bits per heavy atom. The van der Waals surface area contributed by atoms with Crippen LogP contribution in [0.3, 0.4) is 0 Å². The van der Waals surface area contributed by atoms with E-state index in [9.17, 15) is 13.2 Å². The van der Waals surface area contributed by atoms with Gasteiger partial charge in [-0.15, -0.1) is 0 Å². The molecular weight excluding hydrogens is 432 g/mol. The predicted octanol–water partition coefficient (Wildman–Crippen LogP) is 5.36. The molecule has 1 aromatic heterocycles. The van der Waals surface area contributed by atoms with Gasteiger partial charge in [0.15, 0.2) is 5.13 Å². The van der Waals surface area contributed by atoms with Crippen LogP contribution in [-0.2, 0) is 10.0 Å². The van der Waals surface area contributed by atoms with Crippen LogP contribution in [0, 0.1) is 13.8 Å². The first kappa shape index (κ1) is 20.8. The third-order valence-electron chi connectivity index (χ3n) is 4.53. The minimum absolute atomic E-state index is 0.175. The molecule has 31 heavy (non-hydrogen) atoms. The van der Waals surface area contributed by atoms with Gasteiger partial charge in [0, 0.05) is 11.4 Å². The summed E-state index contributed by atoms with van der Waals surface area (Å²) >= 11 is 1.21. The van der Waals surface area contributed by atoms with Gasteiger partial charge < -0.3 is 10.6 Å². The molecule has 158 valence electrons. The van der Waals surface area contributed by atoms with E-state index in [1.807, 2.05) is 32.0 Å². The van der Waals surface area contributed by atoms with Crippen LogP contribution in [0.15, 0.2) is 71.6 Å². The van der Waals surface area contributed by atoms with Gasteiger partial charge in [-0.2, -0.15) is 0 Å². The molecule has 3 aromatic carbocycles. The third kappa shape index (κ3) is 4.84. The lowest BCUT2D eigenvalue weighted by molar-refractivity contribution is 0.262. The summed E-state index contributed by atoms with van der Waals surface area (Å²) in [5, 5.41) is 5.83. The van der Waals surface area contributed by atoms with Crippen LogP contribution < -0.4 is 15.4 Å². The number of para-hydroxylation sites is 1. The molecule has 0 aliphatic carbocycles. The summed E-state index contributed by atoms with van der Waals surface area (Å²) in [5.74, 6) is 0. The quantitative estimate of drug-likeness (QED) is 0.380. The maximum Gasteiger partial charge on any atom is 0.323 e. The summed E-state index contributed by atoms with van der Waals surface area (Å²) in [7, 11) is -3.74. The lowest BCUT2D eigenvalue weighted by Gasteiger charge is -2.08. The highest BCUT2D eigenvalue weighted by atomic mass is 32.2. The number of sulfonamides is 1. The van der Waals surface area contributed by atoms with Gasteiger partial charge >= 0.3 is 6.03 Å². The maximum atomic E-state index is 12.7. The van der Waals surface area contributed by atoms with Crippen molar-refractivity contribution in [2.45, 2.75) is 18.7 Å². The largest absolute Gasteiger partial charge is 0.323 e. The minimum Gasteiger partial charge on any atom is -0.308 e. The van der Waals surface area contributed by atoms with Crippen LogP contribution in [0.5, 0.6) is 0 Å². The van der Waals surface area contributed by atoms with Gasteiger partial charge in [-0.05, 0) is 55.8 Å². The normalized spacial score (nSPS) is 11.3. The molecule has 0 aliphatic heterocycles. The molecule has 4 aromatic rings. The van der Waals surface area contributed by atoms with Gasteiger partial charge in [-0.1, -0.05) is 47.2 Å². The standard InChI is InChI=1S/C22H20N4O3S2/c1-14-8-10-18(11-9-14)31(28,29)26-22-25-20-15(2)12-17(13-19(20)30-22)24-21(27)23-16-6-4-3-5-7-16/h3-13H,1-2H3,(H,25,26)(H2,23,24,27). The fourth-order valence-corrected chi connectivity index (χ4v) is 5.24. The Hall–Kier alpha value is -3.43. The van der Waals surface area contributed by atoms with Crippen molar-refractivity contribution in [2.75, 3.05) is 15.4 Å². The molecule has 0 fully saturated rings. The number of amides is 2. The summed E-state index contributed by atoms with van der Waals surface area (Å²) in [5.41, 5.74) is 3.76. The van der Waals surface area contributed by atoms with Crippen molar-refractivity contribution in [3.05, 3.63) is 77.9 Å². The molecule has 0 aliphatic rings. The number of aromatic nitrogens is 1. The minimum atomic E-state index is -3.74. The van der Waals surface area contributed by atoms with Crippen LogP contribution in [0.25, 0.3) is 10.2 Å². The molecular formula is C22H20N4O3S2. The summed E-state index contributed by atoms with van der Waals surface area (Å²) in [6, 6.07) is 18.9. The number of carbonyl (C=O) groups is 1. The van der Waals surface area contributed by atoms with Crippen molar-refractivity contribution < 1.29 is 13.2 Å². The highest BCUT2D eigenvalue weighted by Gasteiger charge is 2.17. The molecule has 9 heteroatoms. The second-order valence-electron chi connectivity index (χ2n) is 7.02.